The van der Waals surface area contributed by atoms with E-state index in [9.17, 15) is 18.3 Å². The zero-order valence-corrected chi connectivity index (χ0v) is 16.1. The van der Waals surface area contributed by atoms with E-state index in [2.05, 4.69) is 15.3 Å². The smallest absolute Gasteiger partial charge is 0.386 e. The standard InChI is InChI=1S/C19H23F3N4OS/c20-19(21,22)17-6-9-23-18(25-17)24-14-7-10-26(11-8-14)12-15(27)13-28-16-4-2-1-3-5-16/h1-6,9,14-15,27H,7-8,10-13H2,(H,23,24,25)/p+1/t15-/m0/s1. The predicted molar refractivity (Wildman–Crippen MR) is 102 cm³/mol. The number of rotatable bonds is 7. The van der Waals surface area contributed by atoms with Crippen molar-refractivity contribution in [2.45, 2.75) is 36.1 Å². The number of benzene rings is 1. The zero-order valence-electron chi connectivity index (χ0n) is 15.3. The van der Waals surface area contributed by atoms with Crippen molar-refractivity contribution in [3.05, 3.63) is 48.3 Å². The van der Waals surface area contributed by atoms with Crippen LogP contribution in [0.15, 0.2) is 47.5 Å². The minimum Gasteiger partial charge on any atom is -0.386 e. The second kappa shape index (κ2) is 9.58. The van der Waals surface area contributed by atoms with Crippen molar-refractivity contribution >= 4 is 17.7 Å². The maximum Gasteiger partial charge on any atom is 0.433 e. The quantitative estimate of drug-likeness (QED) is 0.607. The van der Waals surface area contributed by atoms with E-state index in [0.717, 1.165) is 43.1 Å². The summed E-state index contributed by atoms with van der Waals surface area (Å²) < 4.78 is 38.2. The second-order valence-electron chi connectivity index (χ2n) is 6.91. The van der Waals surface area contributed by atoms with Crippen LogP contribution >= 0.6 is 11.8 Å². The van der Waals surface area contributed by atoms with E-state index >= 15 is 0 Å². The summed E-state index contributed by atoms with van der Waals surface area (Å²) in [6, 6.07) is 10.9. The Kier molecular flexibility index (Phi) is 7.14. The molecule has 3 N–H and O–H groups in total. The molecule has 1 fully saturated rings. The van der Waals surface area contributed by atoms with Gasteiger partial charge in [0.2, 0.25) is 5.95 Å². The van der Waals surface area contributed by atoms with Gasteiger partial charge in [-0.1, -0.05) is 18.2 Å². The van der Waals surface area contributed by atoms with Crippen molar-refractivity contribution in [3.8, 4) is 0 Å². The molecule has 0 aliphatic carbocycles. The van der Waals surface area contributed by atoms with E-state index in [4.69, 9.17) is 0 Å². The fraction of sp³-hybridized carbons (Fsp3) is 0.474. The molecule has 2 heterocycles. The van der Waals surface area contributed by atoms with Crippen molar-refractivity contribution in [2.75, 3.05) is 30.7 Å². The van der Waals surface area contributed by atoms with Gasteiger partial charge in [-0.15, -0.1) is 11.8 Å². The molecule has 1 aromatic carbocycles. The Labute approximate surface area is 166 Å². The summed E-state index contributed by atoms with van der Waals surface area (Å²) in [4.78, 5) is 9.91. The molecule has 0 amide bonds. The third kappa shape index (κ3) is 6.35. The Balaban J connectivity index is 1.41. The summed E-state index contributed by atoms with van der Waals surface area (Å²) in [5, 5.41) is 13.3. The average Bonchev–Trinajstić information content (AvgIpc) is 2.68. The highest BCUT2D eigenvalue weighted by atomic mass is 32.2. The largest absolute Gasteiger partial charge is 0.433 e. The first-order valence-corrected chi connectivity index (χ1v) is 10.2. The van der Waals surface area contributed by atoms with Crippen LogP contribution in [0, 0.1) is 0 Å². The molecule has 1 saturated heterocycles. The number of aromatic nitrogens is 2. The Morgan fingerprint density at radius 3 is 2.57 bits per heavy atom. The van der Waals surface area contributed by atoms with Crippen molar-refractivity contribution in [1.29, 1.82) is 0 Å². The number of quaternary nitrogens is 1. The van der Waals surface area contributed by atoms with Gasteiger partial charge in [0.05, 0.1) is 13.1 Å². The van der Waals surface area contributed by atoms with Gasteiger partial charge >= 0.3 is 6.18 Å². The van der Waals surface area contributed by atoms with Gasteiger partial charge in [-0.25, -0.2) is 9.97 Å². The highest BCUT2D eigenvalue weighted by Gasteiger charge is 2.33. The van der Waals surface area contributed by atoms with Gasteiger partial charge in [0.15, 0.2) is 0 Å². The number of alkyl halides is 3. The molecule has 0 spiro atoms. The van der Waals surface area contributed by atoms with E-state index in [-0.39, 0.29) is 12.0 Å². The molecule has 3 rings (SSSR count). The predicted octanol–water partition coefficient (Wildman–Crippen LogP) is 2.11. The average molecular weight is 413 g/mol. The fourth-order valence-electron chi connectivity index (χ4n) is 3.24. The molecule has 0 saturated carbocycles. The molecule has 0 unspecified atom stereocenters. The molecule has 5 nitrogen and oxygen atoms in total. The minimum atomic E-state index is -4.47. The molecule has 0 radical (unpaired) electrons. The van der Waals surface area contributed by atoms with E-state index in [1.165, 1.54) is 4.90 Å². The van der Waals surface area contributed by atoms with Crippen LogP contribution in [0.3, 0.4) is 0 Å². The first kappa shape index (κ1) is 20.9. The summed E-state index contributed by atoms with van der Waals surface area (Å²) in [7, 11) is 0. The van der Waals surface area contributed by atoms with Gasteiger partial charge < -0.3 is 15.3 Å². The van der Waals surface area contributed by atoms with Gasteiger partial charge in [0.25, 0.3) is 0 Å². The van der Waals surface area contributed by atoms with Crippen LogP contribution in [-0.4, -0.2) is 52.6 Å². The van der Waals surface area contributed by atoms with Gasteiger partial charge in [-0.2, -0.15) is 13.2 Å². The van der Waals surface area contributed by atoms with E-state index in [1.54, 1.807) is 11.8 Å². The Hall–Kier alpha value is -1.84. The highest BCUT2D eigenvalue weighted by Crippen LogP contribution is 2.27. The monoisotopic (exact) mass is 413 g/mol. The SMILES string of the molecule is O[C@H](CSc1ccccc1)C[NH+]1CCC(Nc2nccc(C(F)(F)F)n2)CC1. The molecule has 0 bridgehead atoms. The van der Waals surface area contributed by atoms with Crippen LogP contribution in [0.2, 0.25) is 0 Å². The zero-order chi connectivity index (χ0) is 20.0. The molecule has 9 heteroatoms. The van der Waals surface area contributed by atoms with E-state index in [0.29, 0.717) is 12.3 Å². The van der Waals surface area contributed by atoms with Gasteiger partial charge in [-0.3, -0.25) is 0 Å². The maximum atomic E-state index is 12.7. The Bertz CT molecular complexity index is 739. The van der Waals surface area contributed by atoms with E-state index in [1.807, 2.05) is 30.3 Å². The summed E-state index contributed by atoms with van der Waals surface area (Å²) >= 11 is 1.64. The summed E-state index contributed by atoms with van der Waals surface area (Å²) in [6.45, 7) is 2.37. The normalized spacial score (nSPS) is 21.3. The number of hydrogen-bond donors (Lipinski definition) is 3. The first-order chi connectivity index (χ1) is 13.4. The van der Waals surface area contributed by atoms with Crippen molar-refractivity contribution in [2.24, 2.45) is 0 Å². The molecule has 1 aliphatic heterocycles. The molecule has 1 aromatic heterocycles. The number of anilines is 1. The van der Waals surface area contributed by atoms with Crippen LogP contribution in [0.25, 0.3) is 0 Å². The molecular formula is C19H24F3N4OS+. The first-order valence-electron chi connectivity index (χ1n) is 9.26. The highest BCUT2D eigenvalue weighted by molar-refractivity contribution is 7.99. The number of nitrogens with one attached hydrogen (secondary N) is 2. The van der Waals surface area contributed by atoms with E-state index < -0.39 is 18.0 Å². The van der Waals surface area contributed by atoms with Crippen LogP contribution in [0.5, 0.6) is 0 Å². The maximum absolute atomic E-state index is 12.7. The lowest BCUT2D eigenvalue weighted by Crippen LogP contribution is -3.14. The number of halogens is 3. The molecule has 152 valence electrons. The lowest BCUT2D eigenvalue weighted by atomic mass is 10.0. The fourth-order valence-corrected chi connectivity index (χ4v) is 4.10. The molecule has 1 atom stereocenters. The Morgan fingerprint density at radius 1 is 1.18 bits per heavy atom. The van der Waals surface area contributed by atoms with Crippen LogP contribution in [0.1, 0.15) is 18.5 Å². The number of likely N-dealkylation sites (tertiary alicyclic amines) is 1. The number of aliphatic hydroxyl groups excluding tert-OH is 1. The topological polar surface area (TPSA) is 62.5 Å². The molecule has 1 aliphatic rings. The number of aliphatic hydroxyl groups is 1. The van der Waals surface area contributed by atoms with Crippen LogP contribution in [-0.2, 0) is 6.18 Å². The van der Waals surface area contributed by atoms with Crippen molar-refractivity contribution < 1.29 is 23.2 Å². The molecule has 28 heavy (non-hydrogen) atoms. The molecular weight excluding hydrogens is 389 g/mol. The number of thioether (sulfide) groups is 1. The van der Waals surface area contributed by atoms with Crippen molar-refractivity contribution in [3.63, 3.8) is 0 Å². The number of nitrogens with zero attached hydrogens (tertiary/aromatic N) is 2. The number of hydrogen-bond acceptors (Lipinski definition) is 5. The summed E-state index contributed by atoms with van der Waals surface area (Å²) in [5.41, 5.74) is -0.938. The summed E-state index contributed by atoms with van der Waals surface area (Å²) in [6.07, 6.45) is -2.14. The lowest BCUT2D eigenvalue weighted by molar-refractivity contribution is -0.907. The summed E-state index contributed by atoms with van der Waals surface area (Å²) in [5.74, 6) is 0.662. The number of piperidine rings is 1. The Morgan fingerprint density at radius 2 is 1.89 bits per heavy atom. The second-order valence-corrected chi connectivity index (χ2v) is 8.01. The molecule has 2 aromatic rings. The lowest BCUT2D eigenvalue weighted by Gasteiger charge is -2.31. The van der Waals surface area contributed by atoms with Crippen LogP contribution in [0.4, 0.5) is 19.1 Å². The van der Waals surface area contributed by atoms with Crippen molar-refractivity contribution in [1.82, 2.24) is 9.97 Å². The minimum absolute atomic E-state index is 0.0163. The third-order valence-electron chi connectivity index (χ3n) is 4.68. The van der Waals surface area contributed by atoms with Gasteiger partial charge in [-0.05, 0) is 18.2 Å². The van der Waals surface area contributed by atoms with Crippen LogP contribution < -0.4 is 10.2 Å². The third-order valence-corrected chi connectivity index (χ3v) is 5.84. The van der Waals surface area contributed by atoms with Gasteiger partial charge in [0, 0.05) is 35.7 Å². The van der Waals surface area contributed by atoms with Gasteiger partial charge in [0.1, 0.15) is 18.3 Å².